The van der Waals surface area contributed by atoms with Crippen molar-refractivity contribution in [3.05, 3.63) is 46.5 Å². The summed E-state index contributed by atoms with van der Waals surface area (Å²) in [7, 11) is 0. The third kappa shape index (κ3) is 8.90. The molecule has 0 bridgehead atoms. The highest BCUT2D eigenvalue weighted by molar-refractivity contribution is 8.18. The fourth-order valence-corrected chi connectivity index (χ4v) is 9.28. The van der Waals surface area contributed by atoms with Gasteiger partial charge >= 0.3 is 0 Å². The lowest BCUT2D eigenvalue weighted by molar-refractivity contribution is 0.171. The average Bonchev–Trinajstić information content (AvgIpc) is 2.87. The predicted octanol–water partition coefficient (Wildman–Crippen LogP) is 8.62. The molecule has 0 amide bonds. The van der Waals surface area contributed by atoms with Crippen molar-refractivity contribution in [2.24, 2.45) is 0 Å². The van der Waals surface area contributed by atoms with Gasteiger partial charge in [-0.25, -0.2) is 0 Å². The van der Waals surface area contributed by atoms with Crippen molar-refractivity contribution in [2.75, 3.05) is 39.5 Å². The Bertz CT molecular complexity index is 1240. The lowest BCUT2D eigenvalue weighted by Crippen LogP contribution is -2.42. The van der Waals surface area contributed by atoms with E-state index in [0.29, 0.717) is 12.3 Å². The molecular formula is C37H59NO4S2. The number of ether oxygens (including phenoxy) is 1. The van der Waals surface area contributed by atoms with E-state index in [1.165, 1.54) is 15.4 Å². The summed E-state index contributed by atoms with van der Waals surface area (Å²) in [6.07, 6.45) is 1.91. The van der Waals surface area contributed by atoms with Gasteiger partial charge in [-0.3, -0.25) is 0 Å². The second-order valence-electron chi connectivity index (χ2n) is 16.4. The number of hydrogen-bond acceptors (Lipinski definition) is 7. The highest BCUT2D eigenvalue weighted by Crippen LogP contribution is 2.56. The number of nitrogens with zero attached hydrogens (tertiary/aromatic N) is 1. The molecule has 3 rings (SSSR count). The third-order valence-corrected chi connectivity index (χ3v) is 11.4. The molecule has 1 fully saturated rings. The minimum absolute atomic E-state index is 0.0297. The molecule has 44 heavy (non-hydrogen) atoms. The lowest BCUT2D eigenvalue weighted by atomic mass is 9.79. The van der Waals surface area contributed by atoms with Crippen molar-refractivity contribution in [3.63, 3.8) is 0 Å². The summed E-state index contributed by atoms with van der Waals surface area (Å²) >= 11 is 3.88. The van der Waals surface area contributed by atoms with Crippen LogP contribution in [-0.4, -0.2) is 63.8 Å². The van der Waals surface area contributed by atoms with E-state index in [1.807, 2.05) is 23.5 Å². The molecule has 0 spiro atoms. The smallest absolute Gasteiger partial charge is 0.127 e. The van der Waals surface area contributed by atoms with E-state index < -0.39 is 0 Å². The lowest BCUT2D eigenvalue weighted by Gasteiger charge is -2.42. The van der Waals surface area contributed by atoms with Gasteiger partial charge in [0.05, 0.1) is 17.3 Å². The Labute approximate surface area is 276 Å². The zero-order valence-electron chi connectivity index (χ0n) is 29.5. The van der Waals surface area contributed by atoms with E-state index in [1.54, 1.807) is 0 Å². The van der Waals surface area contributed by atoms with Gasteiger partial charge in [-0.1, -0.05) is 89.2 Å². The van der Waals surface area contributed by atoms with Crippen LogP contribution < -0.4 is 4.74 Å². The third-order valence-electron chi connectivity index (χ3n) is 8.35. The molecule has 7 heteroatoms. The molecule has 0 radical (unpaired) electrons. The summed E-state index contributed by atoms with van der Waals surface area (Å²) in [6.45, 7) is 29.3. The Morgan fingerprint density at radius 2 is 1.25 bits per heavy atom. The molecule has 1 aliphatic rings. The summed E-state index contributed by atoms with van der Waals surface area (Å²) in [5.41, 5.74) is 3.61. The first kappa shape index (κ1) is 37.1. The molecule has 0 saturated carbocycles. The molecule has 1 aliphatic heterocycles. The van der Waals surface area contributed by atoms with Crippen molar-refractivity contribution in [1.29, 1.82) is 0 Å². The predicted molar refractivity (Wildman–Crippen MR) is 189 cm³/mol. The normalized spacial score (nSPS) is 16.8. The van der Waals surface area contributed by atoms with Gasteiger partial charge in [0.1, 0.15) is 18.1 Å². The molecule has 1 saturated heterocycles. The molecule has 2 aromatic carbocycles. The number of rotatable bonds is 9. The van der Waals surface area contributed by atoms with Crippen LogP contribution in [0.1, 0.15) is 118 Å². The van der Waals surface area contributed by atoms with Crippen LogP contribution in [0.25, 0.3) is 0 Å². The average molecular weight is 646 g/mol. The van der Waals surface area contributed by atoms with Gasteiger partial charge in [0, 0.05) is 46.1 Å². The highest BCUT2D eigenvalue weighted by Gasteiger charge is 2.40. The van der Waals surface area contributed by atoms with Crippen molar-refractivity contribution in [1.82, 2.24) is 4.90 Å². The van der Waals surface area contributed by atoms with Gasteiger partial charge in [0.2, 0.25) is 0 Å². The number of aromatic hydroxyl groups is 1. The molecule has 0 atom stereocenters. The first-order valence-electron chi connectivity index (χ1n) is 16.1. The molecule has 0 aliphatic carbocycles. The van der Waals surface area contributed by atoms with Crippen LogP contribution in [0.15, 0.2) is 34.1 Å². The van der Waals surface area contributed by atoms with Crippen LogP contribution in [-0.2, 0) is 21.7 Å². The fraction of sp³-hybridized carbons (Fsp3) is 0.676. The summed E-state index contributed by atoms with van der Waals surface area (Å²) < 4.78 is 6.22. The SMILES string of the molecule is CC(C)(C)c1cc(SC2(Sc3ccc(C(C)(C)C)c(OCCO)c3C(C)(C)C)CCN(CCO)CC2)cc(C(C)(C)C)c1O. The van der Waals surface area contributed by atoms with E-state index in [-0.39, 0.29) is 45.6 Å². The number of β-amino-alcohol motifs (C(OH)–C–C–N with tert-alkyl or cyclic N) is 1. The number of aliphatic hydroxyl groups is 2. The number of likely N-dealkylation sites (tertiary alicyclic amines) is 1. The van der Waals surface area contributed by atoms with E-state index in [9.17, 15) is 15.3 Å². The summed E-state index contributed by atoms with van der Waals surface area (Å²) in [5, 5.41) is 30.8. The number of piperidine rings is 1. The zero-order valence-corrected chi connectivity index (χ0v) is 31.1. The number of aliphatic hydroxyl groups excluding tert-OH is 2. The Kier molecular flexibility index (Phi) is 11.6. The Morgan fingerprint density at radius 1 is 0.727 bits per heavy atom. The van der Waals surface area contributed by atoms with Crippen LogP contribution in [0.2, 0.25) is 0 Å². The maximum absolute atomic E-state index is 11.4. The zero-order chi connectivity index (χ0) is 33.3. The summed E-state index contributed by atoms with van der Waals surface area (Å²) in [5.74, 6) is 1.31. The molecule has 2 aromatic rings. The van der Waals surface area contributed by atoms with Crippen LogP contribution in [0.3, 0.4) is 0 Å². The monoisotopic (exact) mass is 645 g/mol. The number of phenolic OH excluding ortho intramolecular Hbond substituents is 1. The van der Waals surface area contributed by atoms with E-state index in [2.05, 4.69) is 112 Å². The molecular weight excluding hydrogens is 587 g/mol. The van der Waals surface area contributed by atoms with Crippen LogP contribution in [0.4, 0.5) is 0 Å². The molecule has 0 unspecified atom stereocenters. The van der Waals surface area contributed by atoms with Gasteiger partial charge in [-0.2, -0.15) is 0 Å². The van der Waals surface area contributed by atoms with Gasteiger partial charge in [0.15, 0.2) is 0 Å². The quantitative estimate of drug-likeness (QED) is 0.236. The molecule has 1 heterocycles. The maximum atomic E-state index is 11.4. The number of phenols is 1. The topological polar surface area (TPSA) is 73.2 Å². The van der Waals surface area contributed by atoms with Crippen LogP contribution >= 0.6 is 23.5 Å². The van der Waals surface area contributed by atoms with Gasteiger partial charge in [0.25, 0.3) is 0 Å². The Hall–Kier alpha value is -1.38. The van der Waals surface area contributed by atoms with Crippen molar-refractivity contribution in [3.8, 4) is 11.5 Å². The maximum Gasteiger partial charge on any atom is 0.127 e. The largest absolute Gasteiger partial charge is 0.507 e. The second-order valence-corrected chi connectivity index (χ2v) is 19.6. The minimum Gasteiger partial charge on any atom is -0.507 e. The first-order chi connectivity index (χ1) is 20.1. The Balaban J connectivity index is 2.23. The van der Waals surface area contributed by atoms with Gasteiger partial charge in [-0.15, -0.1) is 23.5 Å². The standard InChI is InChI=1S/C37H59NO4S2/c1-33(2,3)26-13-14-29(30(36(10,11)12)32(26)42-22-21-40)44-37(15-17-38(18-16-37)19-20-39)43-25-23-27(34(4,5)6)31(41)28(24-25)35(7,8)9/h13-14,23-24,39-41H,15-22H2,1-12H3. The first-order valence-corrected chi connectivity index (χ1v) is 17.8. The Morgan fingerprint density at radius 3 is 1.68 bits per heavy atom. The van der Waals surface area contributed by atoms with Crippen LogP contribution in [0.5, 0.6) is 11.5 Å². The molecule has 3 N–H and O–H groups in total. The molecule has 5 nitrogen and oxygen atoms in total. The van der Waals surface area contributed by atoms with Gasteiger partial charge in [-0.05, 0) is 58.3 Å². The van der Waals surface area contributed by atoms with Gasteiger partial charge < -0.3 is 25.0 Å². The minimum atomic E-state index is -0.202. The van der Waals surface area contributed by atoms with E-state index >= 15 is 0 Å². The van der Waals surface area contributed by atoms with Crippen LogP contribution in [0, 0.1) is 0 Å². The summed E-state index contributed by atoms with van der Waals surface area (Å²) in [6, 6.07) is 8.93. The van der Waals surface area contributed by atoms with E-state index in [4.69, 9.17) is 4.74 Å². The summed E-state index contributed by atoms with van der Waals surface area (Å²) in [4.78, 5) is 4.76. The number of thioether (sulfide) groups is 2. The second kappa shape index (κ2) is 13.8. The number of benzene rings is 2. The van der Waals surface area contributed by atoms with E-state index in [0.717, 1.165) is 48.4 Å². The van der Waals surface area contributed by atoms with Crippen molar-refractivity contribution in [2.45, 2.75) is 131 Å². The van der Waals surface area contributed by atoms with Crippen molar-refractivity contribution < 1.29 is 20.1 Å². The molecule has 248 valence electrons. The molecule has 0 aromatic heterocycles. The highest BCUT2D eigenvalue weighted by atomic mass is 32.2. The number of hydrogen-bond donors (Lipinski definition) is 3. The fourth-order valence-electron chi connectivity index (χ4n) is 5.96. The van der Waals surface area contributed by atoms with Crippen molar-refractivity contribution >= 4 is 23.5 Å².